The number of carbonyl (C=O) groups excluding carboxylic acids is 2. The van der Waals surface area contributed by atoms with E-state index >= 15 is 0 Å². The summed E-state index contributed by atoms with van der Waals surface area (Å²) in [5, 5.41) is 5.48. The van der Waals surface area contributed by atoms with Gasteiger partial charge in [0.1, 0.15) is 5.75 Å². The molecule has 6 heteroatoms. The Morgan fingerprint density at radius 2 is 1.78 bits per heavy atom. The van der Waals surface area contributed by atoms with Crippen LogP contribution in [0.2, 0.25) is 0 Å². The van der Waals surface area contributed by atoms with E-state index in [0.717, 1.165) is 15.7 Å². The zero-order valence-corrected chi connectivity index (χ0v) is 14.4. The van der Waals surface area contributed by atoms with Gasteiger partial charge in [-0.05, 0) is 55.0 Å². The molecule has 0 spiro atoms. The minimum absolute atomic E-state index is 0.0753. The average Bonchev–Trinajstić information content (AvgIpc) is 2.49. The molecule has 2 aromatic rings. The molecule has 0 aromatic heterocycles. The third-order valence-electron chi connectivity index (χ3n) is 3.00. The predicted octanol–water partition coefficient (Wildman–Crippen LogP) is 3.73. The molecule has 0 saturated heterocycles. The Kier molecular flexibility index (Phi) is 5.76. The highest BCUT2D eigenvalue weighted by Gasteiger charge is 2.06. The summed E-state index contributed by atoms with van der Waals surface area (Å²) < 4.78 is 6.36. The summed E-state index contributed by atoms with van der Waals surface area (Å²) in [6, 6.07) is 12.5. The van der Waals surface area contributed by atoms with E-state index in [-0.39, 0.29) is 18.4 Å². The lowest BCUT2D eigenvalue weighted by atomic mass is 10.1. The highest BCUT2D eigenvalue weighted by molar-refractivity contribution is 9.10. The Morgan fingerprint density at radius 1 is 1.09 bits per heavy atom. The molecule has 0 aliphatic carbocycles. The second kappa shape index (κ2) is 7.78. The molecule has 0 fully saturated rings. The predicted molar refractivity (Wildman–Crippen MR) is 93.7 cm³/mol. The molecule has 2 rings (SSSR count). The molecular formula is C17H17BrN2O3. The average molecular weight is 377 g/mol. The van der Waals surface area contributed by atoms with Crippen LogP contribution in [-0.2, 0) is 9.59 Å². The first-order valence-corrected chi connectivity index (χ1v) is 7.80. The van der Waals surface area contributed by atoms with Gasteiger partial charge in [0.15, 0.2) is 6.61 Å². The number of amides is 2. The van der Waals surface area contributed by atoms with Crippen LogP contribution in [0.15, 0.2) is 46.9 Å². The van der Waals surface area contributed by atoms with Crippen LogP contribution in [0.5, 0.6) is 5.75 Å². The number of carbonyl (C=O) groups is 2. The number of nitrogens with one attached hydrogen (secondary N) is 2. The summed E-state index contributed by atoms with van der Waals surface area (Å²) in [5.74, 6) is 0.243. The zero-order valence-electron chi connectivity index (χ0n) is 12.9. The minimum Gasteiger partial charge on any atom is -0.484 e. The first-order chi connectivity index (χ1) is 10.9. The van der Waals surface area contributed by atoms with E-state index in [1.165, 1.54) is 6.92 Å². The first-order valence-electron chi connectivity index (χ1n) is 7.00. The van der Waals surface area contributed by atoms with Crippen molar-refractivity contribution in [1.29, 1.82) is 0 Å². The maximum Gasteiger partial charge on any atom is 0.262 e. The van der Waals surface area contributed by atoms with Crippen molar-refractivity contribution in [2.45, 2.75) is 13.8 Å². The normalized spacial score (nSPS) is 10.0. The molecule has 0 bridgehead atoms. The topological polar surface area (TPSA) is 67.4 Å². The quantitative estimate of drug-likeness (QED) is 0.835. The van der Waals surface area contributed by atoms with E-state index < -0.39 is 0 Å². The first kappa shape index (κ1) is 17.0. The van der Waals surface area contributed by atoms with Gasteiger partial charge in [-0.1, -0.05) is 15.9 Å². The van der Waals surface area contributed by atoms with Gasteiger partial charge in [0.2, 0.25) is 5.91 Å². The second-order valence-electron chi connectivity index (χ2n) is 5.00. The van der Waals surface area contributed by atoms with Gasteiger partial charge >= 0.3 is 0 Å². The molecule has 23 heavy (non-hydrogen) atoms. The van der Waals surface area contributed by atoms with Crippen LogP contribution in [0.1, 0.15) is 12.5 Å². The molecule has 0 unspecified atom stereocenters. The number of hydrogen-bond donors (Lipinski definition) is 2. The van der Waals surface area contributed by atoms with Crippen LogP contribution in [-0.4, -0.2) is 18.4 Å². The lowest BCUT2D eigenvalue weighted by Crippen LogP contribution is -2.20. The smallest absolute Gasteiger partial charge is 0.262 e. The van der Waals surface area contributed by atoms with E-state index in [0.29, 0.717) is 11.4 Å². The lowest BCUT2D eigenvalue weighted by molar-refractivity contribution is -0.118. The van der Waals surface area contributed by atoms with Crippen molar-refractivity contribution < 1.29 is 14.3 Å². The maximum absolute atomic E-state index is 11.9. The van der Waals surface area contributed by atoms with Crippen molar-refractivity contribution in [1.82, 2.24) is 0 Å². The number of ether oxygens (including phenoxy) is 1. The number of halogens is 1. The number of rotatable bonds is 5. The van der Waals surface area contributed by atoms with Gasteiger partial charge in [0.25, 0.3) is 5.91 Å². The molecule has 0 aliphatic heterocycles. The Balaban J connectivity index is 1.91. The van der Waals surface area contributed by atoms with Crippen molar-refractivity contribution in [3.63, 3.8) is 0 Å². The Labute approximate surface area is 143 Å². The third kappa shape index (κ3) is 5.41. The summed E-state index contributed by atoms with van der Waals surface area (Å²) in [7, 11) is 0. The van der Waals surface area contributed by atoms with Crippen LogP contribution >= 0.6 is 15.9 Å². The van der Waals surface area contributed by atoms with E-state index in [9.17, 15) is 9.59 Å². The largest absolute Gasteiger partial charge is 0.484 e. The highest BCUT2D eigenvalue weighted by Crippen LogP contribution is 2.20. The standard InChI is InChI=1S/C17H17BrN2O3/c1-11-9-14(5-8-16(11)19-12(2)21)20-17(22)10-23-15-6-3-13(18)4-7-15/h3-9H,10H2,1-2H3,(H,19,21)(H,20,22). The fourth-order valence-electron chi connectivity index (χ4n) is 1.95. The van der Waals surface area contributed by atoms with Crippen LogP contribution in [0.3, 0.4) is 0 Å². The van der Waals surface area contributed by atoms with Crippen molar-refractivity contribution in [3.8, 4) is 5.75 Å². The molecule has 2 N–H and O–H groups in total. The molecule has 2 aromatic carbocycles. The molecule has 5 nitrogen and oxygen atoms in total. The number of anilines is 2. The van der Waals surface area contributed by atoms with Gasteiger partial charge in [0, 0.05) is 22.8 Å². The van der Waals surface area contributed by atoms with Crippen molar-refractivity contribution >= 4 is 39.1 Å². The Morgan fingerprint density at radius 3 is 2.39 bits per heavy atom. The van der Waals surface area contributed by atoms with Gasteiger partial charge in [-0.25, -0.2) is 0 Å². The lowest BCUT2D eigenvalue weighted by Gasteiger charge is -2.11. The summed E-state index contributed by atoms with van der Waals surface area (Å²) >= 11 is 3.34. The fraction of sp³-hybridized carbons (Fsp3) is 0.176. The van der Waals surface area contributed by atoms with Gasteiger partial charge in [-0.2, -0.15) is 0 Å². The van der Waals surface area contributed by atoms with Gasteiger partial charge < -0.3 is 15.4 Å². The monoisotopic (exact) mass is 376 g/mol. The van der Waals surface area contributed by atoms with Gasteiger partial charge in [0.05, 0.1) is 0 Å². The number of benzene rings is 2. The zero-order chi connectivity index (χ0) is 16.8. The van der Waals surface area contributed by atoms with E-state index in [2.05, 4.69) is 26.6 Å². The molecule has 2 amide bonds. The summed E-state index contributed by atoms with van der Waals surface area (Å²) in [6.45, 7) is 3.24. The molecule has 0 saturated carbocycles. The molecule has 0 atom stereocenters. The summed E-state index contributed by atoms with van der Waals surface area (Å²) in [4.78, 5) is 23.0. The van der Waals surface area contributed by atoms with Crippen molar-refractivity contribution in [2.24, 2.45) is 0 Å². The summed E-state index contributed by atoms with van der Waals surface area (Å²) in [5.41, 5.74) is 2.24. The minimum atomic E-state index is -0.250. The van der Waals surface area contributed by atoms with E-state index in [1.807, 2.05) is 19.1 Å². The summed E-state index contributed by atoms with van der Waals surface area (Å²) in [6.07, 6.45) is 0. The van der Waals surface area contributed by atoms with Crippen molar-refractivity contribution in [2.75, 3.05) is 17.2 Å². The molecule has 0 heterocycles. The highest BCUT2D eigenvalue weighted by atomic mass is 79.9. The SMILES string of the molecule is CC(=O)Nc1ccc(NC(=O)COc2ccc(Br)cc2)cc1C. The van der Waals surface area contributed by atoms with Gasteiger partial charge in [-0.3, -0.25) is 9.59 Å². The van der Waals surface area contributed by atoms with E-state index in [1.54, 1.807) is 30.3 Å². The Bertz CT molecular complexity index is 714. The van der Waals surface area contributed by atoms with Gasteiger partial charge in [-0.15, -0.1) is 0 Å². The van der Waals surface area contributed by atoms with Crippen LogP contribution in [0.4, 0.5) is 11.4 Å². The van der Waals surface area contributed by atoms with Crippen LogP contribution < -0.4 is 15.4 Å². The molecule has 120 valence electrons. The van der Waals surface area contributed by atoms with Crippen molar-refractivity contribution in [3.05, 3.63) is 52.5 Å². The molecule has 0 radical (unpaired) electrons. The molecule has 0 aliphatic rings. The second-order valence-corrected chi connectivity index (χ2v) is 5.92. The Hall–Kier alpha value is -2.34. The number of hydrogen-bond acceptors (Lipinski definition) is 3. The molecular weight excluding hydrogens is 360 g/mol. The fourth-order valence-corrected chi connectivity index (χ4v) is 2.21. The van der Waals surface area contributed by atoms with Crippen LogP contribution in [0, 0.1) is 6.92 Å². The number of aryl methyl sites for hydroxylation is 1. The maximum atomic E-state index is 11.9. The third-order valence-corrected chi connectivity index (χ3v) is 3.53. The van der Waals surface area contributed by atoms with E-state index in [4.69, 9.17) is 4.74 Å². The van der Waals surface area contributed by atoms with Crippen LogP contribution in [0.25, 0.3) is 0 Å².